The van der Waals surface area contributed by atoms with Crippen molar-refractivity contribution < 1.29 is 42.6 Å². The number of ketones is 1. The number of amides is 1. The van der Waals surface area contributed by atoms with Gasteiger partial charge in [-0.25, -0.2) is 4.79 Å². The Morgan fingerprint density at radius 2 is 1.45 bits per heavy atom. The van der Waals surface area contributed by atoms with Gasteiger partial charge in [0.05, 0.1) is 17.1 Å². The van der Waals surface area contributed by atoms with Crippen molar-refractivity contribution in [3.63, 3.8) is 0 Å². The van der Waals surface area contributed by atoms with E-state index >= 15 is 0 Å². The predicted molar refractivity (Wildman–Crippen MR) is 140 cm³/mol. The Balaban J connectivity index is 0.000000340. The Bertz CT molecular complexity index is 1290. The number of halogens is 3. The number of carbonyl (C=O) groups excluding carboxylic acids is 2. The molecule has 10 N–H and O–H groups in total. The van der Waals surface area contributed by atoms with E-state index in [-0.39, 0.29) is 18.7 Å². The minimum Gasteiger partial charge on any atom is -0.480 e. The van der Waals surface area contributed by atoms with Gasteiger partial charge in [0.25, 0.3) is 0 Å². The SMILES string of the molecule is NC(=O)c1cnc2ccccc2c1.NCC(C[C@H](N)C(=O)O)C(=O)[C@@H](N)Cc1ccccc1.O=C(O)C(F)(F)F. The molecule has 2 aromatic carbocycles. The molecule has 1 aromatic heterocycles. The molecule has 0 radical (unpaired) electrons. The minimum absolute atomic E-state index is 0.00710. The van der Waals surface area contributed by atoms with Gasteiger partial charge >= 0.3 is 18.1 Å². The molecule has 0 aliphatic rings. The molecule has 0 spiro atoms. The van der Waals surface area contributed by atoms with E-state index in [2.05, 4.69) is 4.98 Å². The number of benzene rings is 2. The zero-order chi connectivity index (χ0) is 30.5. The topological polar surface area (TPSA) is 226 Å². The van der Waals surface area contributed by atoms with Crippen LogP contribution < -0.4 is 22.9 Å². The Hall–Kier alpha value is -4.40. The average molecular weight is 566 g/mol. The lowest BCUT2D eigenvalue weighted by Gasteiger charge is -2.20. The largest absolute Gasteiger partial charge is 0.490 e. The lowest BCUT2D eigenvalue weighted by atomic mass is 9.89. The first-order valence-electron chi connectivity index (χ1n) is 11.6. The molecule has 0 aliphatic heterocycles. The number of primary amides is 1. The Morgan fingerprint density at radius 1 is 0.900 bits per heavy atom. The molecule has 1 amide bonds. The number of alkyl halides is 3. The Kier molecular flexibility index (Phi) is 13.3. The van der Waals surface area contributed by atoms with Crippen molar-refractivity contribution in [2.75, 3.05) is 6.54 Å². The van der Waals surface area contributed by atoms with Crippen LogP contribution >= 0.6 is 0 Å². The number of Topliss-reactive ketones (excluding diaryl/α,β-unsaturated/α-hetero) is 1. The van der Waals surface area contributed by atoms with E-state index in [1.54, 1.807) is 6.07 Å². The first kappa shape index (κ1) is 33.6. The zero-order valence-corrected chi connectivity index (χ0v) is 21.1. The number of fused-ring (bicyclic) bond motifs is 1. The van der Waals surface area contributed by atoms with Crippen molar-refractivity contribution in [2.45, 2.75) is 31.1 Å². The highest BCUT2D eigenvalue weighted by molar-refractivity contribution is 5.96. The quantitative estimate of drug-likeness (QED) is 0.219. The van der Waals surface area contributed by atoms with Gasteiger partial charge in [0.15, 0.2) is 5.78 Å². The molecule has 11 nitrogen and oxygen atoms in total. The molecule has 0 bridgehead atoms. The number of carbonyl (C=O) groups is 4. The minimum atomic E-state index is -5.08. The summed E-state index contributed by atoms with van der Waals surface area (Å²) in [4.78, 5) is 46.7. The third kappa shape index (κ3) is 11.6. The maximum absolute atomic E-state index is 12.2. The fourth-order valence-electron chi connectivity index (χ4n) is 3.21. The number of nitrogens with zero attached hydrogens (tertiary/aromatic N) is 1. The Morgan fingerprint density at radius 3 is 1.95 bits per heavy atom. The number of carboxylic acids is 2. The van der Waals surface area contributed by atoms with Gasteiger partial charge in [-0.05, 0) is 30.5 Å². The summed E-state index contributed by atoms with van der Waals surface area (Å²) in [6, 6.07) is 16.9. The van der Waals surface area contributed by atoms with Gasteiger partial charge in [0.2, 0.25) is 5.91 Å². The summed E-state index contributed by atoms with van der Waals surface area (Å²) < 4.78 is 31.7. The van der Waals surface area contributed by atoms with Crippen LogP contribution in [0.1, 0.15) is 22.3 Å². The molecule has 3 atom stereocenters. The number of carboxylic acid groups (broad SMARTS) is 2. The third-order valence-electron chi connectivity index (χ3n) is 5.32. The van der Waals surface area contributed by atoms with E-state index in [4.69, 9.17) is 37.9 Å². The van der Waals surface area contributed by atoms with Crippen LogP contribution in [0.3, 0.4) is 0 Å². The van der Waals surface area contributed by atoms with Gasteiger partial charge in [0.1, 0.15) is 6.04 Å². The number of aliphatic carboxylic acids is 2. The van der Waals surface area contributed by atoms with Crippen LogP contribution in [0, 0.1) is 5.92 Å². The predicted octanol–water partition coefficient (Wildman–Crippen LogP) is 1.47. The second-order valence-corrected chi connectivity index (χ2v) is 8.40. The summed E-state index contributed by atoms with van der Waals surface area (Å²) in [5.74, 6) is -5.22. The van der Waals surface area contributed by atoms with Gasteiger partial charge < -0.3 is 33.1 Å². The van der Waals surface area contributed by atoms with Crippen LogP contribution in [0.25, 0.3) is 10.9 Å². The number of nitrogens with two attached hydrogens (primary N) is 4. The standard InChI is InChI=1S/C14H21N3O3.C10H8N2O.C2HF3O2/c15-8-10(7-12(17)14(19)20)13(18)11(16)6-9-4-2-1-3-5-9;11-10(13)8-5-7-3-1-2-4-9(7)12-6-8;3-2(4,5)1(6)7/h1-5,10-12H,6-8,15-17H2,(H,19,20);1-6H,(H2,11,13);(H,6,7)/t10?,11-,12-;;/m0../s1. The van der Waals surface area contributed by atoms with E-state index in [0.29, 0.717) is 12.0 Å². The molecule has 1 unspecified atom stereocenters. The molecule has 0 saturated carbocycles. The highest BCUT2D eigenvalue weighted by atomic mass is 19.4. The summed E-state index contributed by atoms with van der Waals surface area (Å²) in [6.07, 6.45) is -3.18. The molecule has 1 heterocycles. The fourth-order valence-corrected chi connectivity index (χ4v) is 3.21. The molecular formula is C26H30F3N5O6. The number of aromatic nitrogens is 1. The van der Waals surface area contributed by atoms with Crippen LogP contribution in [-0.4, -0.2) is 63.6 Å². The molecule has 3 rings (SSSR count). The summed E-state index contributed by atoms with van der Waals surface area (Å²) in [5.41, 5.74) is 24.2. The van der Waals surface area contributed by atoms with E-state index in [1.165, 1.54) is 6.20 Å². The summed E-state index contributed by atoms with van der Waals surface area (Å²) in [7, 11) is 0. The van der Waals surface area contributed by atoms with Gasteiger partial charge in [-0.15, -0.1) is 0 Å². The van der Waals surface area contributed by atoms with Gasteiger partial charge in [-0.3, -0.25) is 19.4 Å². The molecule has 14 heteroatoms. The van der Waals surface area contributed by atoms with Crippen LogP contribution in [0.5, 0.6) is 0 Å². The van der Waals surface area contributed by atoms with Crippen molar-refractivity contribution in [1.82, 2.24) is 4.98 Å². The first-order chi connectivity index (χ1) is 18.7. The van der Waals surface area contributed by atoms with Crippen molar-refractivity contribution in [3.8, 4) is 0 Å². The molecule has 0 aliphatic carbocycles. The summed E-state index contributed by atoms with van der Waals surface area (Å²) >= 11 is 0. The Labute approximate surface area is 227 Å². The number of hydrogen-bond donors (Lipinski definition) is 6. The molecule has 0 saturated heterocycles. The van der Waals surface area contributed by atoms with Crippen molar-refractivity contribution >= 4 is 34.5 Å². The maximum Gasteiger partial charge on any atom is 0.490 e. The van der Waals surface area contributed by atoms with E-state index in [1.807, 2.05) is 54.6 Å². The lowest BCUT2D eigenvalue weighted by molar-refractivity contribution is -0.192. The highest BCUT2D eigenvalue weighted by Gasteiger charge is 2.38. The average Bonchev–Trinajstić information content (AvgIpc) is 2.91. The van der Waals surface area contributed by atoms with Crippen LogP contribution in [0.4, 0.5) is 13.2 Å². The number of rotatable bonds is 9. The van der Waals surface area contributed by atoms with E-state index < -0.39 is 42.0 Å². The van der Waals surface area contributed by atoms with Gasteiger partial charge in [-0.2, -0.15) is 13.2 Å². The third-order valence-corrected chi connectivity index (χ3v) is 5.32. The summed E-state index contributed by atoms with van der Waals surface area (Å²) in [6.45, 7) is 0.0440. The van der Waals surface area contributed by atoms with E-state index in [0.717, 1.165) is 16.5 Å². The van der Waals surface area contributed by atoms with Gasteiger partial charge in [0, 0.05) is 24.0 Å². The van der Waals surface area contributed by atoms with Crippen molar-refractivity contribution in [1.29, 1.82) is 0 Å². The van der Waals surface area contributed by atoms with E-state index in [9.17, 15) is 27.6 Å². The molecular weight excluding hydrogens is 535 g/mol. The highest BCUT2D eigenvalue weighted by Crippen LogP contribution is 2.14. The summed E-state index contributed by atoms with van der Waals surface area (Å²) in [5, 5.41) is 16.8. The lowest BCUT2D eigenvalue weighted by Crippen LogP contribution is -2.44. The molecule has 0 fully saturated rings. The van der Waals surface area contributed by atoms with Crippen molar-refractivity contribution in [3.05, 3.63) is 78.0 Å². The second kappa shape index (κ2) is 15.9. The first-order valence-corrected chi connectivity index (χ1v) is 11.6. The number of para-hydroxylation sites is 1. The monoisotopic (exact) mass is 565 g/mol. The number of pyridine rings is 1. The molecule has 216 valence electrons. The van der Waals surface area contributed by atoms with Crippen LogP contribution in [-0.2, 0) is 20.8 Å². The fraction of sp³-hybridized carbons (Fsp3) is 0.269. The van der Waals surface area contributed by atoms with Gasteiger partial charge in [-0.1, -0.05) is 48.5 Å². The molecule has 40 heavy (non-hydrogen) atoms. The van der Waals surface area contributed by atoms with Crippen molar-refractivity contribution in [2.24, 2.45) is 28.9 Å². The van der Waals surface area contributed by atoms with Crippen LogP contribution in [0.2, 0.25) is 0 Å². The number of hydrogen-bond acceptors (Lipinski definition) is 8. The molecule has 3 aromatic rings. The zero-order valence-electron chi connectivity index (χ0n) is 21.1. The smallest absolute Gasteiger partial charge is 0.480 e. The maximum atomic E-state index is 12.2. The normalized spacial score (nSPS) is 12.9. The van der Waals surface area contributed by atoms with Crippen LogP contribution in [0.15, 0.2) is 66.9 Å². The second-order valence-electron chi connectivity index (χ2n) is 8.40.